The summed E-state index contributed by atoms with van der Waals surface area (Å²) < 4.78 is 11.2. The number of benzene rings is 4. The molecule has 3 aromatic heterocycles. The van der Waals surface area contributed by atoms with Crippen molar-refractivity contribution in [2.45, 2.75) is 100 Å². The van der Waals surface area contributed by atoms with E-state index in [1.54, 1.807) is 0 Å². The Morgan fingerprint density at radius 2 is 1.32 bits per heavy atom. The van der Waals surface area contributed by atoms with Crippen LogP contribution < -0.4 is 4.74 Å². The van der Waals surface area contributed by atoms with Crippen LogP contribution in [0.2, 0.25) is 0 Å². The normalized spacial score (nSPS) is 12.4. The van der Waals surface area contributed by atoms with Crippen LogP contribution in [0.3, 0.4) is 0 Å². The Hall–Kier alpha value is -5.16. The van der Waals surface area contributed by atoms with Gasteiger partial charge >= 0.3 is 0 Å². The Balaban J connectivity index is 1.33. The summed E-state index contributed by atoms with van der Waals surface area (Å²) >= 11 is 0. The lowest BCUT2D eigenvalue weighted by Crippen LogP contribution is -2.13. The quantitative estimate of drug-likeness (QED) is 0.166. The molecule has 0 atom stereocenters. The van der Waals surface area contributed by atoms with Gasteiger partial charge in [-0.15, -0.1) is 0 Å². The van der Waals surface area contributed by atoms with Gasteiger partial charge in [-0.2, -0.15) is 5.10 Å². The van der Waals surface area contributed by atoms with Crippen molar-refractivity contribution in [1.29, 1.82) is 0 Å². The molecule has 3 heterocycles. The Bertz CT molecular complexity index is 2470. The van der Waals surface area contributed by atoms with Crippen molar-refractivity contribution in [2.75, 3.05) is 0 Å². The number of fused-ring (bicyclic) bond motifs is 3. The van der Waals surface area contributed by atoms with Gasteiger partial charge in [-0.3, -0.25) is 4.57 Å². The van der Waals surface area contributed by atoms with Crippen LogP contribution in [-0.2, 0) is 17.3 Å². The molecule has 4 aromatic carbocycles. The van der Waals surface area contributed by atoms with Crippen LogP contribution in [0.25, 0.3) is 44.4 Å². The molecule has 7 rings (SSSR count). The largest absolute Gasteiger partial charge is 0.457 e. The lowest BCUT2D eigenvalue weighted by atomic mass is 9.82. The third-order valence-electron chi connectivity index (χ3n) is 10.5. The van der Waals surface area contributed by atoms with E-state index >= 15 is 0 Å². The maximum atomic E-state index is 6.82. The van der Waals surface area contributed by atoms with Crippen LogP contribution in [0, 0.1) is 33.6 Å². The SMILES string of the molecule is Cc1cc(C(C)(C)C)cc(C)c1-c1c(C)nn(-c2cc(Oc3ccc4c5ccccc5n(-c5cc(CC(C)C)ccn5)c4c3)cc(C(C)(C)C)c2)c1C. The van der Waals surface area contributed by atoms with E-state index in [-0.39, 0.29) is 10.8 Å². The van der Waals surface area contributed by atoms with Crippen molar-refractivity contribution < 1.29 is 4.74 Å². The average molecular weight is 703 g/mol. The molecule has 0 radical (unpaired) electrons. The van der Waals surface area contributed by atoms with Gasteiger partial charge in [-0.25, -0.2) is 9.67 Å². The summed E-state index contributed by atoms with van der Waals surface area (Å²) in [5.74, 6) is 3.03. The molecule has 0 fully saturated rings. The Labute approximate surface area is 315 Å². The van der Waals surface area contributed by atoms with Gasteiger partial charge in [0.05, 0.1) is 22.4 Å². The smallest absolute Gasteiger partial charge is 0.137 e. The van der Waals surface area contributed by atoms with E-state index in [2.05, 4.69) is 177 Å². The summed E-state index contributed by atoms with van der Waals surface area (Å²) in [6.07, 6.45) is 2.94. The number of para-hydroxylation sites is 1. The van der Waals surface area contributed by atoms with Gasteiger partial charge in [0, 0.05) is 40.4 Å². The minimum Gasteiger partial charge on any atom is -0.457 e. The van der Waals surface area contributed by atoms with Crippen LogP contribution in [0.5, 0.6) is 11.5 Å². The average Bonchev–Trinajstić information content (AvgIpc) is 3.56. The fourth-order valence-electron chi connectivity index (χ4n) is 7.82. The van der Waals surface area contributed by atoms with E-state index in [1.807, 2.05) is 6.20 Å². The third-order valence-corrected chi connectivity index (χ3v) is 10.5. The van der Waals surface area contributed by atoms with E-state index < -0.39 is 0 Å². The van der Waals surface area contributed by atoms with Gasteiger partial charge in [-0.05, 0) is 127 Å². The first kappa shape index (κ1) is 36.2. The van der Waals surface area contributed by atoms with Crippen molar-refractivity contribution in [3.05, 3.63) is 130 Å². The fraction of sp³-hybridized carbons (Fsp3) is 0.333. The highest BCUT2D eigenvalue weighted by molar-refractivity contribution is 6.09. The van der Waals surface area contributed by atoms with Gasteiger partial charge in [0.1, 0.15) is 17.3 Å². The first-order chi connectivity index (χ1) is 25.0. The Morgan fingerprint density at radius 3 is 2.00 bits per heavy atom. The first-order valence-electron chi connectivity index (χ1n) is 19.0. The molecule has 0 N–H and O–H groups in total. The minimum absolute atomic E-state index is 0.0860. The minimum atomic E-state index is -0.105. The van der Waals surface area contributed by atoms with Crippen LogP contribution >= 0.6 is 0 Å². The van der Waals surface area contributed by atoms with Crippen molar-refractivity contribution >= 4 is 21.8 Å². The molecule has 0 bridgehead atoms. The zero-order chi connectivity index (χ0) is 38.0. The third kappa shape index (κ3) is 6.90. The van der Waals surface area contributed by atoms with Crippen LogP contribution in [0.4, 0.5) is 0 Å². The van der Waals surface area contributed by atoms with Crippen molar-refractivity contribution in [3.8, 4) is 34.1 Å². The summed E-state index contributed by atoms with van der Waals surface area (Å²) in [6.45, 7) is 26.9. The fourth-order valence-corrected chi connectivity index (χ4v) is 7.82. The van der Waals surface area contributed by atoms with Crippen molar-refractivity contribution in [1.82, 2.24) is 19.3 Å². The second-order valence-corrected chi connectivity index (χ2v) is 17.4. The molecule has 0 aliphatic carbocycles. The molecule has 7 aromatic rings. The molecule has 53 heavy (non-hydrogen) atoms. The zero-order valence-corrected chi connectivity index (χ0v) is 33.6. The summed E-state index contributed by atoms with van der Waals surface area (Å²) in [5.41, 5.74) is 14.2. The molecule has 5 heteroatoms. The second kappa shape index (κ2) is 13.4. The van der Waals surface area contributed by atoms with E-state index in [0.717, 1.165) is 51.8 Å². The predicted octanol–water partition coefficient (Wildman–Crippen LogP) is 12.9. The van der Waals surface area contributed by atoms with E-state index in [4.69, 9.17) is 14.8 Å². The molecular weight excluding hydrogens is 649 g/mol. The number of hydrogen-bond donors (Lipinski definition) is 0. The number of ether oxygens (including phenoxy) is 1. The van der Waals surface area contributed by atoms with Crippen molar-refractivity contribution in [2.24, 2.45) is 5.92 Å². The van der Waals surface area contributed by atoms with Gasteiger partial charge in [-0.1, -0.05) is 85.7 Å². The van der Waals surface area contributed by atoms with Gasteiger partial charge in [0.15, 0.2) is 0 Å². The van der Waals surface area contributed by atoms with Gasteiger partial charge in [0.25, 0.3) is 0 Å². The summed E-state index contributed by atoms with van der Waals surface area (Å²) in [7, 11) is 0. The molecule has 0 saturated heterocycles. The summed E-state index contributed by atoms with van der Waals surface area (Å²) in [6, 6.07) is 30.6. The maximum absolute atomic E-state index is 6.82. The second-order valence-electron chi connectivity index (χ2n) is 17.4. The molecule has 5 nitrogen and oxygen atoms in total. The van der Waals surface area contributed by atoms with Crippen LogP contribution in [-0.4, -0.2) is 19.3 Å². The highest BCUT2D eigenvalue weighted by Crippen LogP contribution is 2.40. The van der Waals surface area contributed by atoms with E-state index in [0.29, 0.717) is 5.92 Å². The first-order valence-corrected chi connectivity index (χ1v) is 19.0. The summed E-state index contributed by atoms with van der Waals surface area (Å²) in [5, 5.41) is 7.53. The number of rotatable bonds is 7. The number of aromatic nitrogens is 4. The van der Waals surface area contributed by atoms with E-state index in [9.17, 15) is 0 Å². The molecule has 0 amide bonds. The number of hydrogen-bond acceptors (Lipinski definition) is 3. The van der Waals surface area contributed by atoms with E-state index in [1.165, 1.54) is 49.7 Å². The molecule has 0 saturated carbocycles. The highest BCUT2D eigenvalue weighted by Gasteiger charge is 2.24. The molecule has 0 aliphatic heterocycles. The molecular formula is C48H54N4O. The lowest BCUT2D eigenvalue weighted by molar-refractivity contribution is 0.478. The number of pyridine rings is 1. The highest BCUT2D eigenvalue weighted by atomic mass is 16.5. The monoisotopic (exact) mass is 702 g/mol. The molecule has 0 aliphatic rings. The topological polar surface area (TPSA) is 44.9 Å². The lowest BCUT2D eigenvalue weighted by Gasteiger charge is -2.23. The molecule has 0 spiro atoms. The molecule has 0 unspecified atom stereocenters. The number of aryl methyl sites for hydroxylation is 3. The Kier molecular flexibility index (Phi) is 9.13. The number of nitrogens with zero attached hydrogens (tertiary/aromatic N) is 4. The summed E-state index contributed by atoms with van der Waals surface area (Å²) in [4.78, 5) is 4.86. The predicted molar refractivity (Wildman–Crippen MR) is 223 cm³/mol. The van der Waals surface area contributed by atoms with Gasteiger partial charge in [0.2, 0.25) is 0 Å². The van der Waals surface area contributed by atoms with Gasteiger partial charge < -0.3 is 4.74 Å². The van der Waals surface area contributed by atoms with Crippen LogP contribution in [0.15, 0.2) is 91.1 Å². The maximum Gasteiger partial charge on any atom is 0.137 e. The Morgan fingerprint density at radius 1 is 0.660 bits per heavy atom. The van der Waals surface area contributed by atoms with Crippen molar-refractivity contribution in [3.63, 3.8) is 0 Å². The standard InChI is InChI=1S/C48H54N4O/c1-29(2)21-34-19-20-49-44(24-34)51-42-16-14-13-15-40(42)41-18-17-38(28-43(41)51)53-39-26-36(48(10,11)12)25-37(27-39)52-33(6)46(32(5)50-52)45-30(3)22-35(23-31(45)4)47(7,8)9/h13-20,22-29H,21H2,1-12H3. The zero-order valence-electron chi connectivity index (χ0n) is 33.6. The molecule has 272 valence electrons. The van der Waals surface area contributed by atoms with Crippen LogP contribution in [0.1, 0.15) is 94.6 Å².